The number of carbonyl (C=O) groups excluding carboxylic acids is 1. The van der Waals surface area contributed by atoms with Gasteiger partial charge in [0.25, 0.3) is 0 Å². The lowest BCUT2D eigenvalue weighted by Gasteiger charge is -2.18. The Kier molecular flexibility index (Phi) is 4.76. The zero-order chi connectivity index (χ0) is 12.1. The topological polar surface area (TPSA) is 72.3 Å². The average molecular weight is 286 g/mol. The molecule has 1 amide bonds. The summed E-state index contributed by atoms with van der Waals surface area (Å²) in [5.41, 5.74) is 12.7. The van der Waals surface area contributed by atoms with Crippen molar-refractivity contribution in [2.75, 3.05) is 18.8 Å². The van der Waals surface area contributed by atoms with E-state index >= 15 is 0 Å². The van der Waals surface area contributed by atoms with Gasteiger partial charge in [-0.2, -0.15) is 0 Å². The lowest BCUT2D eigenvalue weighted by molar-refractivity contribution is -0.119. The van der Waals surface area contributed by atoms with Crippen LogP contribution in [0, 0.1) is 0 Å². The van der Waals surface area contributed by atoms with Gasteiger partial charge in [0.05, 0.1) is 6.54 Å². The maximum atomic E-state index is 10.8. The Hall–Kier alpha value is -1.07. The molecule has 16 heavy (non-hydrogen) atoms. The van der Waals surface area contributed by atoms with E-state index in [1.807, 2.05) is 30.0 Å². The normalized spacial score (nSPS) is 10.7. The first-order valence-corrected chi connectivity index (χ1v) is 5.86. The fourth-order valence-corrected chi connectivity index (χ4v) is 2.08. The van der Waals surface area contributed by atoms with Gasteiger partial charge in [0.15, 0.2) is 0 Å². The van der Waals surface area contributed by atoms with Gasteiger partial charge in [0.1, 0.15) is 0 Å². The quantitative estimate of drug-likeness (QED) is 0.802. The van der Waals surface area contributed by atoms with Gasteiger partial charge in [-0.1, -0.05) is 22.9 Å². The van der Waals surface area contributed by atoms with Crippen LogP contribution in [-0.2, 0) is 11.3 Å². The van der Waals surface area contributed by atoms with Gasteiger partial charge in [-0.25, -0.2) is 0 Å². The van der Waals surface area contributed by atoms with Crippen molar-refractivity contribution in [3.63, 3.8) is 0 Å². The molecule has 0 unspecified atom stereocenters. The molecule has 0 aliphatic rings. The molecule has 5 heteroatoms. The SMILES string of the molecule is CCN(CC(N)=O)Cc1cc(N)cc(Br)c1. The van der Waals surface area contributed by atoms with Crippen LogP contribution in [0.3, 0.4) is 0 Å². The van der Waals surface area contributed by atoms with Crippen LogP contribution in [0.5, 0.6) is 0 Å². The van der Waals surface area contributed by atoms with Gasteiger partial charge >= 0.3 is 0 Å². The Bertz CT molecular complexity index is 361. The van der Waals surface area contributed by atoms with Gasteiger partial charge < -0.3 is 11.5 Å². The zero-order valence-electron chi connectivity index (χ0n) is 9.24. The number of rotatable bonds is 5. The van der Waals surface area contributed by atoms with Crippen molar-refractivity contribution in [1.82, 2.24) is 4.90 Å². The summed E-state index contributed by atoms with van der Waals surface area (Å²) >= 11 is 3.39. The third kappa shape index (κ3) is 4.20. The van der Waals surface area contributed by atoms with Gasteiger partial charge in [0, 0.05) is 16.7 Å². The van der Waals surface area contributed by atoms with Crippen LogP contribution in [0.4, 0.5) is 5.69 Å². The third-order valence-corrected chi connectivity index (χ3v) is 2.67. The molecule has 0 atom stereocenters. The fraction of sp³-hybridized carbons (Fsp3) is 0.364. The summed E-state index contributed by atoms with van der Waals surface area (Å²) in [5, 5.41) is 0. The molecule has 0 bridgehead atoms. The molecule has 0 heterocycles. The molecular formula is C11H16BrN3O. The number of hydrogen-bond acceptors (Lipinski definition) is 3. The van der Waals surface area contributed by atoms with Gasteiger partial charge in [-0.15, -0.1) is 0 Å². The Balaban J connectivity index is 2.73. The number of nitrogen functional groups attached to an aromatic ring is 1. The Labute approximate surface area is 104 Å². The van der Waals surface area contributed by atoms with E-state index in [0.717, 1.165) is 16.6 Å². The molecule has 0 radical (unpaired) electrons. The van der Waals surface area contributed by atoms with Gasteiger partial charge in [-0.05, 0) is 30.3 Å². The Morgan fingerprint density at radius 1 is 1.44 bits per heavy atom. The minimum atomic E-state index is -0.315. The third-order valence-electron chi connectivity index (χ3n) is 2.21. The number of anilines is 1. The van der Waals surface area contributed by atoms with Crippen molar-refractivity contribution in [3.8, 4) is 0 Å². The number of likely N-dealkylation sites (N-methyl/N-ethyl adjacent to an activating group) is 1. The molecule has 0 fully saturated rings. The van der Waals surface area contributed by atoms with Crippen molar-refractivity contribution in [2.24, 2.45) is 5.73 Å². The van der Waals surface area contributed by atoms with E-state index in [4.69, 9.17) is 11.5 Å². The summed E-state index contributed by atoms with van der Waals surface area (Å²) in [7, 11) is 0. The monoisotopic (exact) mass is 285 g/mol. The smallest absolute Gasteiger partial charge is 0.231 e. The summed E-state index contributed by atoms with van der Waals surface area (Å²) < 4.78 is 0.942. The van der Waals surface area contributed by atoms with Crippen LogP contribution in [0.2, 0.25) is 0 Å². The number of amides is 1. The summed E-state index contributed by atoms with van der Waals surface area (Å²) in [6.07, 6.45) is 0. The first-order chi connectivity index (χ1) is 7.51. The van der Waals surface area contributed by atoms with E-state index in [-0.39, 0.29) is 12.5 Å². The molecule has 0 aliphatic heterocycles. The maximum Gasteiger partial charge on any atom is 0.231 e. The van der Waals surface area contributed by atoms with Crippen LogP contribution < -0.4 is 11.5 Å². The van der Waals surface area contributed by atoms with Crippen molar-refractivity contribution in [2.45, 2.75) is 13.5 Å². The molecule has 1 aromatic carbocycles. The van der Waals surface area contributed by atoms with Crippen LogP contribution in [0.1, 0.15) is 12.5 Å². The standard InChI is InChI=1S/C11H16BrN3O/c1-2-15(7-11(14)16)6-8-3-9(12)5-10(13)4-8/h3-5H,2,6-7,13H2,1H3,(H2,14,16). The van der Waals surface area contributed by atoms with Crippen LogP contribution >= 0.6 is 15.9 Å². The van der Waals surface area contributed by atoms with Gasteiger partial charge in [-0.3, -0.25) is 9.69 Å². The summed E-state index contributed by atoms with van der Waals surface area (Å²) in [6, 6.07) is 5.72. The van der Waals surface area contributed by atoms with E-state index in [9.17, 15) is 4.79 Å². The highest BCUT2D eigenvalue weighted by Crippen LogP contribution is 2.18. The highest BCUT2D eigenvalue weighted by atomic mass is 79.9. The molecule has 0 spiro atoms. The molecule has 0 saturated carbocycles. The number of nitrogens with zero attached hydrogens (tertiary/aromatic N) is 1. The van der Waals surface area contributed by atoms with E-state index in [0.29, 0.717) is 12.2 Å². The second kappa shape index (κ2) is 5.86. The molecule has 0 aliphatic carbocycles. The average Bonchev–Trinajstić information content (AvgIpc) is 2.14. The van der Waals surface area contributed by atoms with Crippen molar-refractivity contribution in [3.05, 3.63) is 28.2 Å². The first kappa shape index (κ1) is 13.0. The fourth-order valence-electron chi connectivity index (χ4n) is 1.52. The van der Waals surface area contributed by atoms with Crippen LogP contribution in [-0.4, -0.2) is 23.9 Å². The van der Waals surface area contributed by atoms with E-state index in [1.165, 1.54) is 0 Å². The largest absolute Gasteiger partial charge is 0.399 e. The van der Waals surface area contributed by atoms with Crippen molar-refractivity contribution >= 4 is 27.5 Å². The maximum absolute atomic E-state index is 10.8. The molecule has 4 nitrogen and oxygen atoms in total. The predicted octanol–water partition coefficient (Wildman–Crippen LogP) is 1.34. The van der Waals surface area contributed by atoms with Crippen molar-refractivity contribution < 1.29 is 4.79 Å². The minimum Gasteiger partial charge on any atom is -0.399 e. The number of halogens is 1. The van der Waals surface area contributed by atoms with Crippen LogP contribution in [0.25, 0.3) is 0 Å². The predicted molar refractivity (Wildman–Crippen MR) is 68.7 cm³/mol. The number of primary amides is 1. The Morgan fingerprint density at radius 2 is 2.12 bits per heavy atom. The molecule has 1 rings (SSSR count). The number of benzene rings is 1. The molecular weight excluding hydrogens is 270 g/mol. The molecule has 0 saturated heterocycles. The number of nitrogens with two attached hydrogens (primary N) is 2. The summed E-state index contributed by atoms with van der Waals surface area (Å²) in [6.45, 7) is 3.70. The Morgan fingerprint density at radius 3 is 2.62 bits per heavy atom. The number of carbonyl (C=O) groups is 1. The molecule has 1 aromatic rings. The van der Waals surface area contributed by atoms with Gasteiger partial charge in [0.2, 0.25) is 5.91 Å². The van der Waals surface area contributed by atoms with E-state index < -0.39 is 0 Å². The number of hydrogen-bond donors (Lipinski definition) is 2. The summed E-state index contributed by atoms with van der Waals surface area (Å²) in [5.74, 6) is -0.315. The molecule has 0 aromatic heterocycles. The van der Waals surface area contributed by atoms with E-state index in [2.05, 4.69) is 15.9 Å². The lowest BCUT2D eigenvalue weighted by atomic mass is 10.2. The van der Waals surface area contributed by atoms with Crippen molar-refractivity contribution in [1.29, 1.82) is 0 Å². The first-order valence-electron chi connectivity index (χ1n) is 5.07. The molecule has 4 N–H and O–H groups in total. The molecule has 88 valence electrons. The zero-order valence-corrected chi connectivity index (χ0v) is 10.8. The highest BCUT2D eigenvalue weighted by molar-refractivity contribution is 9.10. The lowest BCUT2D eigenvalue weighted by Crippen LogP contribution is -2.33. The highest BCUT2D eigenvalue weighted by Gasteiger charge is 2.07. The van der Waals surface area contributed by atoms with Crippen LogP contribution in [0.15, 0.2) is 22.7 Å². The minimum absolute atomic E-state index is 0.267. The summed E-state index contributed by atoms with van der Waals surface area (Å²) in [4.78, 5) is 12.8. The second-order valence-corrected chi connectivity index (χ2v) is 4.58. The van der Waals surface area contributed by atoms with E-state index in [1.54, 1.807) is 0 Å². The second-order valence-electron chi connectivity index (χ2n) is 3.66.